The molecule has 1 saturated carbocycles. The third kappa shape index (κ3) is 3.58. The van der Waals surface area contributed by atoms with Crippen molar-refractivity contribution >= 4 is 0 Å². The second kappa shape index (κ2) is 6.06. The zero-order valence-corrected chi connectivity index (χ0v) is 12.9. The highest BCUT2D eigenvalue weighted by Gasteiger charge is 2.37. The molecular formula is C17H28N2. The van der Waals surface area contributed by atoms with Gasteiger partial charge in [-0.3, -0.25) is 0 Å². The summed E-state index contributed by atoms with van der Waals surface area (Å²) in [6.45, 7) is 7.83. The highest BCUT2D eigenvalue weighted by molar-refractivity contribution is 5.30. The molecule has 0 amide bonds. The van der Waals surface area contributed by atoms with Gasteiger partial charge in [-0.15, -0.1) is 0 Å². The summed E-state index contributed by atoms with van der Waals surface area (Å²) in [5.41, 5.74) is 4.78. The van der Waals surface area contributed by atoms with Crippen LogP contribution < -0.4 is 5.32 Å². The molecule has 0 saturated heterocycles. The minimum absolute atomic E-state index is 0.529. The van der Waals surface area contributed by atoms with Gasteiger partial charge in [0.2, 0.25) is 0 Å². The average Bonchev–Trinajstić information content (AvgIpc) is 2.31. The maximum absolute atomic E-state index is 3.37. The van der Waals surface area contributed by atoms with Crippen molar-refractivity contribution in [3.05, 3.63) is 34.9 Å². The van der Waals surface area contributed by atoms with Crippen molar-refractivity contribution < 1.29 is 0 Å². The largest absolute Gasteiger partial charge is 0.319 e. The Bertz CT molecular complexity index is 421. The number of benzene rings is 1. The maximum atomic E-state index is 3.37. The predicted octanol–water partition coefficient (Wildman–Crippen LogP) is 3.12. The SMILES string of the molecule is CNCC1(CN(C)Cc2cc(C)ccc2C)CCC1. The zero-order valence-electron chi connectivity index (χ0n) is 12.9. The third-order valence-corrected chi connectivity index (χ3v) is 4.52. The number of hydrogen-bond donors (Lipinski definition) is 1. The summed E-state index contributed by atoms with van der Waals surface area (Å²) in [4.78, 5) is 2.50. The molecule has 0 aliphatic heterocycles. The summed E-state index contributed by atoms with van der Waals surface area (Å²) in [5.74, 6) is 0. The lowest BCUT2D eigenvalue weighted by atomic mass is 9.68. The molecule has 1 fully saturated rings. The van der Waals surface area contributed by atoms with Gasteiger partial charge >= 0.3 is 0 Å². The molecule has 0 bridgehead atoms. The number of rotatable bonds is 6. The van der Waals surface area contributed by atoms with Crippen molar-refractivity contribution in [2.24, 2.45) is 5.41 Å². The second-order valence-electron chi connectivity index (χ2n) is 6.49. The van der Waals surface area contributed by atoms with Gasteiger partial charge in [0.15, 0.2) is 0 Å². The standard InChI is InChI=1S/C17H28N2/c1-14-6-7-15(2)16(10-14)11-19(4)13-17(12-18-3)8-5-9-17/h6-7,10,18H,5,8-9,11-13H2,1-4H3. The molecule has 0 radical (unpaired) electrons. The highest BCUT2D eigenvalue weighted by Crippen LogP contribution is 2.41. The Morgan fingerprint density at radius 1 is 1.26 bits per heavy atom. The Hall–Kier alpha value is -0.860. The fourth-order valence-electron chi connectivity index (χ4n) is 3.33. The Kier molecular flexibility index (Phi) is 4.64. The second-order valence-corrected chi connectivity index (χ2v) is 6.49. The van der Waals surface area contributed by atoms with Crippen LogP contribution in [0.5, 0.6) is 0 Å². The average molecular weight is 260 g/mol. The Labute approximate surface area is 118 Å². The number of nitrogens with zero attached hydrogens (tertiary/aromatic N) is 1. The quantitative estimate of drug-likeness (QED) is 0.845. The molecule has 2 rings (SSSR count). The van der Waals surface area contributed by atoms with Gasteiger partial charge < -0.3 is 10.2 Å². The first-order valence-electron chi connectivity index (χ1n) is 7.44. The molecular weight excluding hydrogens is 232 g/mol. The van der Waals surface area contributed by atoms with Crippen LogP contribution in [0.25, 0.3) is 0 Å². The minimum Gasteiger partial charge on any atom is -0.319 e. The molecule has 1 aromatic carbocycles. The van der Waals surface area contributed by atoms with Crippen LogP contribution in [0.4, 0.5) is 0 Å². The lowest BCUT2D eigenvalue weighted by Crippen LogP contribution is -2.46. The molecule has 0 heterocycles. The van der Waals surface area contributed by atoms with Gasteiger partial charge in [-0.2, -0.15) is 0 Å². The highest BCUT2D eigenvalue weighted by atomic mass is 15.1. The maximum Gasteiger partial charge on any atom is 0.0233 e. The molecule has 106 valence electrons. The molecule has 2 heteroatoms. The van der Waals surface area contributed by atoms with Crippen molar-refractivity contribution in [2.45, 2.75) is 39.7 Å². The summed E-state index contributed by atoms with van der Waals surface area (Å²) in [6, 6.07) is 6.77. The van der Waals surface area contributed by atoms with E-state index in [4.69, 9.17) is 0 Å². The Morgan fingerprint density at radius 3 is 2.58 bits per heavy atom. The molecule has 0 spiro atoms. The number of hydrogen-bond acceptors (Lipinski definition) is 2. The van der Waals surface area contributed by atoms with Crippen LogP contribution >= 0.6 is 0 Å². The van der Waals surface area contributed by atoms with Crippen LogP contribution in [0.1, 0.15) is 36.0 Å². The van der Waals surface area contributed by atoms with Crippen LogP contribution in [0, 0.1) is 19.3 Å². The summed E-state index contributed by atoms with van der Waals surface area (Å²) in [6.07, 6.45) is 4.16. The van der Waals surface area contributed by atoms with Crippen LogP contribution in [-0.4, -0.2) is 32.1 Å². The molecule has 1 aliphatic carbocycles. The van der Waals surface area contributed by atoms with Gasteiger partial charge in [-0.1, -0.05) is 30.2 Å². The van der Waals surface area contributed by atoms with Gasteiger partial charge in [0.1, 0.15) is 0 Å². The van der Waals surface area contributed by atoms with Crippen molar-refractivity contribution in [1.29, 1.82) is 0 Å². The fourth-order valence-corrected chi connectivity index (χ4v) is 3.33. The summed E-state index contributed by atoms with van der Waals surface area (Å²) < 4.78 is 0. The van der Waals surface area contributed by atoms with Crippen molar-refractivity contribution in [3.8, 4) is 0 Å². The van der Waals surface area contributed by atoms with Crippen molar-refractivity contribution in [2.75, 3.05) is 27.2 Å². The van der Waals surface area contributed by atoms with E-state index in [1.165, 1.54) is 42.5 Å². The molecule has 0 unspecified atom stereocenters. The van der Waals surface area contributed by atoms with Gasteiger partial charge in [-0.25, -0.2) is 0 Å². The zero-order chi connectivity index (χ0) is 13.9. The van der Waals surface area contributed by atoms with Gasteiger partial charge in [0, 0.05) is 19.6 Å². The summed E-state index contributed by atoms with van der Waals surface area (Å²) in [5, 5.41) is 3.37. The van der Waals surface area contributed by atoms with Crippen LogP contribution in [0.15, 0.2) is 18.2 Å². The Morgan fingerprint density at radius 2 is 2.00 bits per heavy atom. The number of aryl methyl sites for hydroxylation is 2. The monoisotopic (exact) mass is 260 g/mol. The van der Waals surface area contributed by atoms with E-state index >= 15 is 0 Å². The predicted molar refractivity (Wildman–Crippen MR) is 82.5 cm³/mol. The molecule has 1 aromatic rings. The first-order valence-corrected chi connectivity index (χ1v) is 7.44. The fraction of sp³-hybridized carbons (Fsp3) is 0.647. The van der Waals surface area contributed by atoms with Gasteiger partial charge in [-0.05, 0) is 57.3 Å². The molecule has 2 nitrogen and oxygen atoms in total. The lowest BCUT2D eigenvalue weighted by molar-refractivity contribution is 0.0767. The van der Waals surface area contributed by atoms with Crippen LogP contribution in [0.2, 0.25) is 0 Å². The molecule has 1 aliphatic rings. The van der Waals surface area contributed by atoms with E-state index in [0.29, 0.717) is 5.41 Å². The molecule has 1 N–H and O–H groups in total. The van der Waals surface area contributed by atoms with E-state index in [0.717, 1.165) is 13.1 Å². The summed E-state index contributed by atoms with van der Waals surface area (Å²) in [7, 11) is 4.34. The number of nitrogens with one attached hydrogen (secondary N) is 1. The van der Waals surface area contributed by atoms with E-state index < -0.39 is 0 Å². The van der Waals surface area contributed by atoms with Crippen LogP contribution in [-0.2, 0) is 6.54 Å². The Balaban J connectivity index is 1.97. The van der Waals surface area contributed by atoms with Crippen molar-refractivity contribution in [1.82, 2.24) is 10.2 Å². The van der Waals surface area contributed by atoms with E-state index in [1.807, 2.05) is 0 Å². The lowest BCUT2D eigenvalue weighted by Gasteiger charge is -2.44. The first-order chi connectivity index (χ1) is 9.04. The van der Waals surface area contributed by atoms with Crippen molar-refractivity contribution in [3.63, 3.8) is 0 Å². The first kappa shape index (κ1) is 14.5. The van der Waals surface area contributed by atoms with E-state index in [1.54, 1.807) is 0 Å². The molecule has 19 heavy (non-hydrogen) atoms. The van der Waals surface area contributed by atoms with E-state index in [9.17, 15) is 0 Å². The van der Waals surface area contributed by atoms with Gasteiger partial charge in [0.25, 0.3) is 0 Å². The third-order valence-electron chi connectivity index (χ3n) is 4.52. The molecule has 0 atom stereocenters. The van der Waals surface area contributed by atoms with Gasteiger partial charge in [0.05, 0.1) is 0 Å². The van der Waals surface area contributed by atoms with Crippen LogP contribution in [0.3, 0.4) is 0 Å². The smallest absolute Gasteiger partial charge is 0.0233 e. The minimum atomic E-state index is 0.529. The van der Waals surface area contributed by atoms with E-state index in [2.05, 4.69) is 56.4 Å². The molecule has 0 aromatic heterocycles. The summed E-state index contributed by atoms with van der Waals surface area (Å²) >= 11 is 0. The normalized spacial score (nSPS) is 17.5. The topological polar surface area (TPSA) is 15.3 Å². The van der Waals surface area contributed by atoms with E-state index in [-0.39, 0.29) is 0 Å².